The minimum atomic E-state index is -0.914. The average molecular weight is 578 g/mol. The zero-order valence-electron chi connectivity index (χ0n) is 24.1. The molecule has 1 unspecified atom stereocenters. The lowest BCUT2D eigenvalue weighted by Crippen LogP contribution is -2.42. The van der Waals surface area contributed by atoms with Crippen molar-refractivity contribution in [3.8, 4) is 11.3 Å². The van der Waals surface area contributed by atoms with E-state index in [1.165, 1.54) is 6.92 Å². The molecule has 220 valence electrons. The third kappa shape index (κ3) is 5.88. The average Bonchev–Trinajstić information content (AvgIpc) is 3.58. The molecule has 43 heavy (non-hydrogen) atoms. The maximum Gasteiger partial charge on any atom is 0.305 e. The molecule has 9 heteroatoms. The van der Waals surface area contributed by atoms with Crippen LogP contribution in [0.15, 0.2) is 79.1 Å². The van der Waals surface area contributed by atoms with Crippen molar-refractivity contribution in [1.82, 2.24) is 19.3 Å². The van der Waals surface area contributed by atoms with Gasteiger partial charge in [-0.05, 0) is 42.5 Å². The molecule has 6 rings (SSSR count). The Hall–Kier alpha value is -4.92. The maximum atomic E-state index is 13.5. The first-order valence-electron chi connectivity index (χ1n) is 14.8. The van der Waals surface area contributed by atoms with Crippen LogP contribution in [0.1, 0.15) is 66.2 Å². The Morgan fingerprint density at radius 3 is 2.49 bits per heavy atom. The number of benzene rings is 2. The Balaban J connectivity index is 1.39. The Morgan fingerprint density at radius 1 is 1.00 bits per heavy atom. The van der Waals surface area contributed by atoms with Crippen LogP contribution < -0.4 is 10.6 Å². The van der Waals surface area contributed by atoms with E-state index in [4.69, 9.17) is 4.98 Å². The second-order valence-corrected chi connectivity index (χ2v) is 11.3. The first-order valence-corrected chi connectivity index (χ1v) is 14.8. The maximum absolute atomic E-state index is 13.5. The van der Waals surface area contributed by atoms with Crippen LogP contribution in [0.4, 0.5) is 5.82 Å². The van der Waals surface area contributed by atoms with Crippen molar-refractivity contribution >= 4 is 40.2 Å². The lowest BCUT2D eigenvalue weighted by molar-refractivity contribution is -0.137. The lowest BCUT2D eigenvalue weighted by atomic mass is 9.82. The van der Waals surface area contributed by atoms with Crippen molar-refractivity contribution in [2.24, 2.45) is 5.92 Å². The van der Waals surface area contributed by atoms with E-state index in [1.807, 2.05) is 71.4 Å². The van der Waals surface area contributed by atoms with Gasteiger partial charge in [0, 0.05) is 48.4 Å². The molecule has 0 saturated heterocycles. The molecule has 9 nitrogen and oxygen atoms in total. The van der Waals surface area contributed by atoms with Gasteiger partial charge >= 0.3 is 5.97 Å². The Morgan fingerprint density at radius 2 is 1.74 bits per heavy atom. The number of nitrogens with one attached hydrogen (secondary N) is 2. The number of imidazole rings is 1. The van der Waals surface area contributed by atoms with Crippen LogP contribution in [0.3, 0.4) is 0 Å². The number of rotatable bonds is 9. The van der Waals surface area contributed by atoms with Gasteiger partial charge in [0.15, 0.2) is 0 Å². The highest BCUT2D eigenvalue weighted by atomic mass is 16.4. The smallest absolute Gasteiger partial charge is 0.305 e. The summed E-state index contributed by atoms with van der Waals surface area (Å²) in [7, 11) is 0. The molecule has 0 aliphatic heterocycles. The second kappa shape index (κ2) is 12.1. The summed E-state index contributed by atoms with van der Waals surface area (Å²) in [4.78, 5) is 42.6. The van der Waals surface area contributed by atoms with Gasteiger partial charge in [-0.1, -0.05) is 67.8 Å². The second-order valence-electron chi connectivity index (χ2n) is 11.3. The van der Waals surface area contributed by atoms with Gasteiger partial charge in [0.05, 0.1) is 11.9 Å². The van der Waals surface area contributed by atoms with Gasteiger partial charge in [-0.15, -0.1) is 0 Å². The van der Waals surface area contributed by atoms with Gasteiger partial charge in [0.1, 0.15) is 17.2 Å². The van der Waals surface area contributed by atoms with E-state index in [-0.39, 0.29) is 24.2 Å². The lowest BCUT2D eigenvalue weighted by Gasteiger charge is -2.30. The zero-order valence-corrected chi connectivity index (χ0v) is 24.1. The summed E-state index contributed by atoms with van der Waals surface area (Å²) in [6, 6.07) is 20.8. The third-order valence-electron chi connectivity index (χ3n) is 8.43. The zero-order chi connectivity index (χ0) is 29.9. The number of aromatic nitrogens is 3. The molecule has 0 radical (unpaired) electrons. The first kappa shape index (κ1) is 28.2. The highest BCUT2D eigenvalue weighted by Crippen LogP contribution is 2.36. The number of hydrogen-bond donors (Lipinski definition) is 3. The van der Waals surface area contributed by atoms with Gasteiger partial charge in [-0.2, -0.15) is 0 Å². The molecule has 3 aromatic heterocycles. The molecule has 1 fully saturated rings. The van der Waals surface area contributed by atoms with E-state index in [2.05, 4.69) is 10.6 Å². The van der Waals surface area contributed by atoms with Crippen LogP contribution in [0, 0.1) is 5.92 Å². The number of para-hydroxylation sites is 1. The number of carboxylic acid groups (broad SMARTS) is 1. The first-order chi connectivity index (χ1) is 20.9. The van der Waals surface area contributed by atoms with Crippen LogP contribution in [0.25, 0.3) is 27.8 Å². The van der Waals surface area contributed by atoms with E-state index < -0.39 is 12.0 Å². The number of anilines is 1. The van der Waals surface area contributed by atoms with E-state index in [0.29, 0.717) is 23.4 Å². The number of hydrogen-bond acceptors (Lipinski definition) is 5. The van der Waals surface area contributed by atoms with Crippen LogP contribution in [0.5, 0.6) is 0 Å². The van der Waals surface area contributed by atoms with E-state index in [0.717, 1.165) is 60.0 Å². The predicted octanol–water partition coefficient (Wildman–Crippen LogP) is 6.38. The van der Waals surface area contributed by atoms with Gasteiger partial charge in [-0.3, -0.25) is 23.4 Å². The van der Waals surface area contributed by atoms with Crippen molar-refractivity contribution in [2.45, 2.75) is 58.0 Å². The van der Waals surface area contributed by atoms with Crippen LogP contribution in [-0.2, 0) is 11.3 Å². The van der Waals surface area contributed by atoms with Crippen LogP contribution in [0.2, 0.25) is 0 Å². The molecular weight excluding hydrogens is 542 g/mol. The molecule has 5 aromatic rings. The number of pyridine rings is 1. The molecule has 1 saturated carbocycles. The van der Waals surface area contributed by atoms with Crippen molar-refractivity contribution in [2.75, 3.05) is 5.32 Å². The molecule has 3 heterocycles. The normalized spacial score (nSPS) is 14.5. The largest absolute Gasteiger partial charge is 0.481 e. The van der Waals surface area contributed by atoms with Crippen molar-refractivity contribution < 1.29 is 19.5 Å². The summed E-state index contributed by atoms with van der Waals surface area (Å²) < 4.78 is 3.53. The molecule has 1 amide bonds. The van der Waals surface area contributed by atoms with E-state index in [9.17, 15) is 19.5 Å². The molecule has 3 N–H and O–H groups in total. The third-order valence-corrected chi connectivity index (χ3v) is 8.43. The Labute approximate surface area is 249 Å². The summed E-state index contributed by atoms with van der Waals surface area (Å²) in [5.74, 6) is -0.428. The predicted molar refractivity (Wildman–Crippen MR) is 166 cm³/mol. The summed E-state index contributed by atoms with van der Waals surface area (Å²) in [6.07, 6.45) is 8.63. The number of aliphatic carboxylic acids is 1. The Bertz CT molecular complexity index is 1800. The Kier molecular flexibility index (Phi) is 7.96. The minimum absolute atomic E-state index is 0.0973. The molecule has 1 aliphatic carbocycles. The topological polar surface area (TPSA) is 118 Å². The number of amides is 1. The number of fused-ring (bicyclic) bond motifs is 2. The molecule has 2 aromatic carbocycles. The number of carbonyl (C=O) groups is 3. The molecular formula is C34H35N5O4. The summed E-state index contributed by atoms with van der Waals surface area (Å²) in [5.41, 5.74) is 4.33. The van der Waals surface area contributed by atoms with Crippen molar-refractivity contribution in [3.05, 3.63) is 90.3 Å². The summed E-state index contributed by atoms with van der Waals surface area (Å²) in [6.45, 7) is 2.08. The van der Waals surface area contributed by atoms with E-state index >= 15 is 0 Å². The molecule has 1 aliphatic rings. The standard InChI is InChI=1S/C34H35N5O4/c1-22(40)39-21-27(26-14-8-9-15-29(26)39)32-33(35-20-23-10-4-2-5-11-23)38-17-16-25(18-30(38)37-32)34(43)36-28(19-31(41)42)24-12-6-3-7-13-24/h2,4-5,8-11,14-18,21,24,28,35H,3,6-7,12-13,19-20H2,1H3,(H,36,43)(H,41,42). The fourth-order valence-corrected chi connectivity index (χ4v) is 6.27. The van der Waals surface area contributed by atoms with Gasteiger partial charge in [0.25, 0.3) is 5.91 Å². The highest BCUT2D eigenvalue weighted by Gasteiger charge is 2.28. The fourth-order valence-electron chi connectivity index (χ4n) is 6.27. The molecule has 1 atom stereocenters. The van der Waals surface area contributed by atoms with Gasteiger partial charge in [0.2, 0.25) is 5.91 Å². The molecule has 0 bridgehead atoms. The monoisotopic (exact) mass is 577 g/mol. The summed E-state index contributed by atoms with van der Waals surface area (Å²) >= 11 is 0. The van der Waals surface area contributed by atoms with Gasteiger partial charge in [-0.25, -0.2) is 4.98 Å². The highest BCUT2D eigenvalue weighted by molar-refractivity contribution is 6.03. The number of carboxylic acids is 1. The van der Waals surface area contributed by atoms with Crippen LogP contribution >= 0.6 is 0 Å². The quantitative estimate of drug-likeness (QED) is 0.187. The summed E-state index contributed by atoms with van der Waals surface area (Å²) in [5, 5.41) is 17.0. The van der Waals surface area contributed by atoms with Crippen molar-refractivity contribution in [3.63, 3.8) is 0 Å². The number of nitrogens with zero attached hydrogens (tertiary/aromatic N) is 3. The minimum Gasteiger partial charge on any atom is -0.481 e. The van der Waals surface area contributed by atoms with Crippen LogP contribution in [-0.4, -0.2) is 42.9 Å². The van der Waals surface area contributed by atoms with Gasteiger partial charge < -0.3 is 15.7 Å². The van der Waals surface area contributed by atoms with E-state index in [1.54, 1.807) is 16.7 Å². The fraction of sp³-hybridized carbons (Fsp3) is 0.294. The molecule has 0 spiro atoms. The van der Waals surface area contributed by atoms with Crippen molar-refractivity contribution in [1.29, 1.82) is 0 Å². The number of carbonyl (C=O) groups excluding carboxylic acids is 2. The SMILES string of the molecule is CC(=O)n1cc(-c2nc3cc(C(=O)NC(CC(=O)O)C4CCCCC4)ccn3c2NCc2ccccc2)c2ccccc21.